The van der Waals surface area contributed by atoms with Gasteiger partial charge in [0.05, 0.1) is 0 Å². The molecule has 0 bridgehead atoms. The Balaban J connectivity index is 2.64. The summed E-state index contributed by atoms with van der Waals surface area (Å²) in [6, 6.07) is 5.79. The minimum Gasteiger partial charge on any atom is -0.481 e. The molecule has 0 spiro atoms. The van der Waals surface area contributed by atoms with Gasteiger partial charge in [0.25, 0.3) is 5.92 Å². The first-order valence-electron chi connectivity index (χ1n) is 7.09. The molecule has 1 aromatic carbocycles. The number of aromatic nitrogens is 1. The Labute approximate surface area is 146 Å². The second-order valence-electron chi connectivity index (χ2n) is 5.41. The second kappa shape index (κ2) is 7.46. The van der Waals surface area contributed by atoms with Gasteiger partial charge in [-0.15, -0.1) is 0 Å². The highest BCUT2D eigenvalue weighted by atomic mass is 35.5. The minimum atomic E-state index is -3.15. The van der Waals surface area contributed by atoms with Crippen LogP contribution in [-0.4, -0.2) is 22.1 Å². The summed E-state index contributed by atoms with van der Waals surface area (Å²) in [7, 11) is 0. The van der Waals surface area contributed by atoms with Crippen LogP contribution in [0.25, 0.3) is 10.4 Å². The third-order valence-corrected chi connectivity index (χ3v) is 3.85. The van der Waals surface area contributed by atoms with Crippen LogP contribution in [0.2, 0.25) is 5.02 Å². The molecule has 130 valence electrons. The van der Waals surface area contributed by atoms with Gasteiger partial charge in [-0.05, 0) is 34.9 Å². The van der Waals surface area contributed by atoms with Crippen molar-refractivity contribution in [3.8, 4) is 0 Å². The van der Waals surface area contributed by atoms with Gasteiger partial charge in [-0.3, -0.25) is 9.78 Å². The zero-order valence-electron chi connectivity index (χ0n) is 13.0. The summed E-state index contributed by atoms with van der Waals surface area (Å²) < 4.78 is 27.2. The van der Waals surface area contributed by atoms with Crippen molar-refractivity contribution in [1.29, 1.82) is 0 Å². The van der Waals surface area contributed by atoms with Gasteiger partial charge < -0.3 is 5.11 Å². The molecule has 0 saturated carbocycles. The summed E-state index contributed by atoms with van der Waals surface area (Å²) in [5, 5.41) is 13.2. The molecule has 2 aromatic rings. The molecule has 25 heavy (non-hydrogen) atoms. The van der Waals surface area contributed by atoms with Crippen molar-refractivity contribution in [2.24, 2.45) is 5.11 Å². The number of nitrogens with zero attached hydrogens (tertiary/aromatic N) is 4. The molecule has 0 aliphatic rings. The Morgan fingerprint density at radius 3 is 2.48 bits per heavy atom. The molecule has 2 atom stereocenters. The highest BCUT2D eigenvalue weighted by molar-refractivity contribution is 6.30. The van der Waals surface area contributed by atoms with Crippen molar-refractivity contribution in [3.63, 3.8) is 0 Å². The van der Waals surface area contributed by atoms with Gasteiger partial charge >= 0.3 is 5.97 Å². The van der Waals surface area contributed by atoms with E-state index in [-0.39, 0.29) is 11.1 Å². The molecule has 0 fully saturated rings. The number of benzene rings is 1. The first-order valence-corrected chi connectivity index (χ1v) is 7.47. The normalized spacial score (nSPS) is 13.6. The summed E-state index contributed by atoms with van der Waals surface area (Å²) >= 11 is 5.84. The van der Waals surface area contributed by atoms with Crippen molar-refractivity contribution in [3.05, 3.63) is 74.9 Å². The molecule has 2 rings (SSSR count). The number of carboxylic acids is 1. The van der Waals surface area contributed by atoms with Crippen molar-refractivity contribution >= 4 is 17.6 Å². The fourth-order valence-corrected chi connectivity index (χ4v) is 2.54. The van der Waals surface area contributed by atoms with E-state index in [0.717, 1.165) is 12.3 Å². The van der Waals surface area contributed by atoms with Crippen LogP contribution in [0.5, 0.6) is 0 Å². The number of rotatable bonds is 6. The Kier molecular flexibility index (Phi) is 5.56. The molecule has 9 heteroatoms. The highest BCUT2D eigenvalue weighted by Crippen LogP contribution is 2.34. The monoisotopic (exact) mass is 366 g/mol. The van der Waals surface area contributed by atoms with Crippen molar-refractivity contribution in [2.75, 3.05) is 0 Å². The number of alkyl halides is 2. The number of carbonyl (C=O) groups is 1. The van der Waals surface area contributed by atoms with Crippen LogP contribution in [0, 0.1) is 0 Å². The van der Waals surface area contributed by atoms with Crippen LogP contribution < -0.4 is 0 Å². The molecule has 0 amide bonds. The average molecular weight is 367 g/mol. The lowest BCUT2D eigenvalue weighted by atomic mass is 9.85. The SMILES string of the molecule is CC(F)(F)c1cncc([C@H](c2ccc(Cl)cc2)[C@H](N=[N+]=[N-])C(=O)O)c1. The van der Waals surface area contributed by atoms with E-state index in [1.165, 1.54) is 18.3 Å². The second-order valence-corrected chi connectivity index (χ2v) is 5.85. The summed E-state index contributed by atoms with van der Waals surface area (Å²) in [6.45, 7) is 0.715. The molecule has 0 aliphatic carbocycles. The fraction of sp³-hybridized carbons (Fsp3) is 0.250. The van der Waals surface area contributed by atoms with E-state index in [0.29, 0.717) is 17.5 Å². The Bertz CT molecular complexity index is 816. The number of aliphatic carboxylic acids is 1. The summed E-state index contributed by atoms with van der Waals surface area (Å²) in [6.07, 6.45) is 2.28. The predicted molar refractivity (Wildman–Crippen MR) is 87.7 cm³/mol. The summed E-state index contributed by atoms with van der Waals surface area (Å²) in [5.74, 6) is -5.53. The molecular formula is C16H13ClF2N4O2. The lowest BCUT2D eigenvalue weighted by Crippen LogP contribution is -2.27. The summed E-state index contributed by atoms with van der Waals surface area (Å²) in [5.41, 5.74) is 8.97. The van der Waals surface area contributed by atoms with Crippen LogP contribution in [0.15, 0.2) is 47.8 Å². The topological polar surface area (TPSA) is 99.0 Å². The fourth-order valence-electron chi connectivity index (χ4n) is 2.41. The van der Waals surface area contributed by atoms with Crippen LogP contribution in [0.4, 0.5) is 8.78 Å². The molecule has 0 aliphatic heterocycles. The number of carboxylic acid groups (broad SMARTS) is 1. The number of pyridine rings is 1. The van der Waals surface area contributed by atoms with E-state index in [1.54, 1.807) is 12.1 Å². The first kappa shape index (κ1) is 18.6. The maximum absolute atomic E-state index is 13.6. The highest BCUT2D eigenvalue weighted by Gasteiger charge is 2.32. The van der Waals surface area contributed by atoms with Crippen LogP contribution in [0.3, 0.4) is 0 Å². The lowest BCUT2D eigenvalue weighted by molar-refractivity contribution is -0.138. The molecule has 1 heterocycles. The zero-order valence-corrected chi connectivity index (χ0v) is 13.7. The molecule has 6 nitrogen and oxygen atoms in total. The van der Waals surface area contributed by atoms with Crippen LogP contribution in [-0.2, 0) is 10.7 Å². The third kappa shape index (κ3) is 4.43. The number of hydrogen-bond donors (Lipinski definition) is 1. The molecule has 1 aromatic heterocycles. The number of halogens is 3. The van der Waals surface area contributed by atoms with Crippen LogP contribution in [0.1, 0.15) is 29.5 Å². The third-order valence-electron chi connectivity index (χ3n) is 3.60. The maximum atomic E-state index is 13.6. The largest absolute Gasteiger partial charge is 0.481 e. The van der Waals surface area contributed by atoms with Gasteiger partial charge in [-0.2, -0.15) is 0 Å². The molecule has 0 unspecified atom stereocenters. The van der Waals surface area contributed by atoms with Crippen molar-refractivity contribution in [1.82, 2.24) is 4.98 Å². The first-order chi connectivity index (χ1) is 11.7. The Morgan fingerprint density at radius 2 is 1.96 bits per heavy atom. The molecular weight excluding hydrogens is 354 g/mol. The predicted octanol–water partition coefficient (Wildman–Crippen LogP) is 4.74. The zero-order chi connectivity index (χ0) is 18.6. The van der Waals surface area contributed by atoms with E-state index >= 15 is 0 Å². The Morgan fingerprint density at radius 1 is 1.32 bits per heavy atom. The summed E-state index contributed by atoms with van der Waals surface area (Å²) in [4.78, 5) is 17.9. The van der Waals surface area contributed by atoms with E-state index in [2.05, 4.69) is 15.0 Å². The molecule has 0 radical (unpaired) electrons. The standard InChI is InChI=1S/C16H13ClF2N4O2/c1-16(18,19)11-6-10(7-21-8-11)13(14(15(24)25)22-23-20)9-2-4-12(17)5-3-9/h2-8,13-14H,1H3,(H,24,25)/t13-,14-/m0/s1. The Hall–Kier alpha value is -2.70. The van der Waals surface area contributed by atoms with Crippen LogP contribution >= 0.6 is 11.6 Å². The number of azide groups is 1. The van der Waals surface area contributed by atoms with Gasteiger partial charge in [-0.25, -0.2) is 8.78 Å². The average Bonchev–Trinajstić information content (AvgIpc) is 2.55. The van der Waals surface area contributed by atoms with Crippen molar-refractivity contribution < 1.29 is 18.7 Å². The van der Waals surface area contributed by atoms with E-state index in [9.17, 15) is 18.7 Å². The van der Waals surface area contributed by atoms with Gasteiger partial charge in [0.2, 0.25) is 0 Å². The number of hydrogen-bond acceptors (Lipinski definition) is 3. The van der Waals surface area contributed by atoms with Crippen molar-refractivity contribution in [2.45, 2.75) is 24.8 Å². The van der Waals surface area contributed by atoms with E-state index in [1.807, 2.05) is 0 Å². The molecule has 1 N–H and O–H groups in total. The van der Waals surface area contributed by atoms with E-state index < -0.39 is 23.9 Å². The van der Waals surface area contributed by atoms with Gasteiger partial charge in [0, 0.05) is 40.7 Å². The van der Waals surface area contributed by atoms with Gasteiger partial charge in [0.1, 0.15) is 6.04 Å². The minimum absolute atomic E-state index is 0.196. The van der Waals surface area contributed by atoms with Gasteiger partial charge in [0.15, 0.2) is 0 Å². The quantitative estimate of drug-likeness (QED) is 0.454. The maximum Gasteiger partial charge on any atom is 0.313 e. The van der Waals surface area contributed by atoms with E-state index in [4.69, 9.17) is 17.1 Å². The van der Waals surface area contributed by atoms with Gasteiger partial charge in [-0.1, -0.05) is 28.8 Å². The lowest BCUT2D eigenvalue weighted by Gasteiger charge is -2.22. The smallest absolute Gasteiger partial charge is 0.313 e. The molecule has 0 saturated heterocycles.